The number of anilines is 1. The maximum absolute atomic E-state index is 13.4. The fraction of sp³-hybridized carbons (Fsp3) is 0.280. The molecule has 0 aliphatic carbocycles. The quantitative estimate of drug-likeness (QED) is 0.334. The van der Waals surface area contributed by atoms with Gasteiger partial charge in [0.15, 0.2) is 17.1 Å². The molecule has 1 aliphatic heterocycles. The summed E-state index contributed by atoms with van der Waals surface area (Å²) in [6, 6.07) is 9.68. The van der Waals surface area contributed by atoms with Gasteiger partial charge in [-0.3, -0.25) is 0 Å². The fourth-order valence-electron chi connectivity index (χ4n) is 4.17. The molecule has 198 valence electrons. The largest absolute Gasteiger partial charge is 0.493 e. The molecule has 0 bridgehead atoms. The summed E-state index contributed by atoms with van der Waals surface area (Å²) in [5.74, 6) is 0.436. The van der Waals surface area contributed by atoms with Crippen LogP contribution in [0.4, 0.5) is 23.8 Å². The number of alkyl halides is 3. The van der Waals surface area contributed by atoms with Gasteiger partial charge in [-0.15, -0.1) is 0 Å². The molecule has 4 aromatic rings. The van der Waals surface area contributed by atoms with Crippen molar-refractivity contribution in [1.29, 1.82) is 0 Å². The molecule has 0 spiro atoms. The Morgan fingerprint density at radius 3 is 2.66 bits per heavy atom. The van der Waals surface area contributed by atoms with Gasteiger partial charge < -0.3 is 25.4 Å². The van der Waals surface area contributed by atoms with E-state index in [-0.39, 0.29) is 11.6 Å². The van der Waals surface area contributed by atoms with E-state index in [1.54, 1.807) is 29.2 Å². The molecular formula is C25H24F3N7O3. The molecule has 10 nitrogen and oxygen atoms in total. The van der Waals surface area contributed by atoms with E-state index in [4.69, 9.17) is 15.2 Å². The van der Waals surface area contributed by atoms with E-state index >= 15 is 0 Å². The summed E-state index contributed by atoms with van der Waals surface area (Å²) in [5.41, 5.74) is 6.63. The third-order valence-electron chi connectivity index (χ3n) is 6.12. The highest BCUT2D eigenvalue weighted by atomic mass is 19.4. The Morgan fingerprint density at radius 2 is 1.92 bits per heavy atom. The predicted octanol–water partition coefficient (Wildman–Crippen LogP) is 3.86. The molecule has 2 amide bonds. The number of aromatic nitrogens is 4. The molecule has 3 N–H and O–H groups in total. The summed E-state index contributed by atoms with van der Waals surface area (Å²) in [6.45, 7) is 2.33. The number of benzene rings is 1. The topological polar surface area (TPSA) is 120 Å². The number of fused-ring (bicyclic) bond motifs is 1. The van der Waals surface area contributed by atoms with Gasteiger partial charge in [-0.25, -0.2) is 19.3 Å². The molecule has 13 heteroatoms. The minimum atomic E-state index is -4.64. The zero-order chi connectivity index (χ0) is 26.9. The van der Waals surface area contributed by atoms with Crippen molar-refractivity contribution in [3.8, 4) is 34.0 Å². The van der Waals surface area contributed by atoms with Crippen molar-refractivity contribution < 1.29 is 27.4 Å². The van der Waals surface area contributed by atoms with Gasteiger partial charge in [-0.05, 0) is 42.8 Å². The van der Waals surface area contributed by atoms with Crippen molar-refractivity contribution >= 4 is 17.5 Å². The average Bonchev–Trinajstić information content (AvgIpc) is 3.51. The Bertz CT molecular complexity index is 1490. The van der Waals surface area contributed by atoms with E-state index in [0.29, 0.717) is 66.8 Å². The van der Waals surface area contributed by atoms with Crippen LogP contribution in [0.3, 0.4) is 0 Å². The first-order chi connectivity index (χ1) is 18.2. The van der Waals surface area contributed by atoms with Gasteiger partial charge in [0.1, 0.15) is 5.82 Å². The maximum Gasteiger partial charge on any atom is 0.419 e. The molecule has 3 aromatic heterocycles. The van der Waals surface area contributed by atoms with Crippen LogP contribution in [0.5, 0.6) is 11.5 Å². The minimum absolute atomic E-state index is 0.0640. The summed E-state index contributed by atoms with van der Waals surface area (Å²) in [7, 11) is 1.53. The van der Waals surface area contributed by atoms with Crippen LogP contribution in [0.25, 0.3) is 28.2 Å². The van der Waals surface area contributed by atoms with Crippen molar-refractivity contribution in [3.05, 3.63) is 54.4 Å². The van der Waals surface area contributed by atoms with E-state index in [9.17, 15) is 18.0 Å². The lowest BCUT2D eigenvalue weighted by Gasteiger charge is -2.15. The van der Waals surface area contributed by atoms with Crippen LogP contribution in [-0.2, 0) is 6.18 Å². The molecule has 5 rings (SSSR count). The Hall–Kier alpha value is -4.55. The van der Waals surface area contributed by atoms with Crippen molar-refractivity contribution in [1.82, 2.24) is 29.8 Å². The second kappa shape index (κ2) is 10.1. The van der Waals surface area contributed by atoms with Gasteiger partial charge in [0.05, 0.1) is 36.9 Å². The molecule has 0 radical (unpaired) electrons. The van der Waals surface area contributed by atoms with Gasteiger partial charge in [-0.2, -0.15) is 18.3 Å². The van der Waals surface area contributed by atoms with Crippen molar-refractivity contribution in [2.45, 2.75) is 12.6 Å². The maximum atomic E-state index is 13.4. The smallest absolute Gasteiger partial charge is 0.419 e. The SMILES string of the molecule is COc1cc(-c2ccc3ncc(-c4cnc(N)c(C(F)(F)F)c4)n3n2)ccc1OCCCN1CCNC1=O. The first kappa shape index (κ1) is 25.1. The summed E-state index contributed by atoms with van der Waals surface area (Å²) in [5, 5.41) is 7.36. The molecular weight excluding hydrogens is 503 g/mol. The van der Waals surface area contributed by atoms with Gasteiger partial charge in [-0.1, -0.05) is 0 Å². The predicted molar refractivity (Wildman–Crippen MR) is 133 cm³/mol. The molecule has 1 aromatic carbocycles. The lowest BCUT2D eigenvalue weighted by Crippen LogP contribution is -2.29. The summed E-state index contributed by atoms with van der Waals surface area (Å²) >= 11 is 0. The van der Waals surface area contributed by atoms with Gasteiger partial charge >= 0.3 is 12.2 Å². The fourth-order valence-corrected chi connectivity index (χ4v) is 4.17. The number of nitrogens with two attached hydrogens (primary N) is 1. The van der Waals surface area contributed by atoms with E-state index < -0.39 is 17.6 Å². The molecule has 1 saturated heterocycles. The Morgan fingerprint density at radius 1 is 1.08 bits per heavy atom. The lowest BCUT2D eigenvalue weighted by atomic mass is 10.1. The number of pyridine rings is 1. The second-order valence-electron chi connectivity index (χ2n) is 8.57. The molecule has 1 fully saturated rings. The number of imidazole rings is 1. The monoisotopic (exact) mass is 527 g/mol. The Labute approximate surface area is 215 Å². The number of carbonyl (C=O) groups excluding carboxylic acids is 1. The number of ether oxygens (including phenoxy) is 2. The van der Waals surface area contributed by atoms with Crippen LogP contribution < -0.4 is 20.5 Å². The van der Waals surface area contributed by atoms with Gasteiger partial charge in [0.25, 0.3) is 0 Å². The number of urea groups is 1. The summed E-state index contributed by atoms with van der Waals surface area (Å²) < 4.78 is 52.9. The number of carbonyl (C=O) groups is 1. The lowest BCUT2D eigenvalue weighted by molar-refractivity contribution is -0.137. The van der Waals surface area contributed by atoms with Crippen LogP contribution in [0, 0.1) is 0 Å². The Kier molecular flexibility index (Phi) is 6.66. The summed E-state index contributed by atoms with van der Waals surface area (Å²) in [4.78, 5) is 21.3. The highest BCUT2D eigenvalue weighted by Gasteiger charge is 2.34. The molecule has 38 heavy (non-hydrogen) atoms. The minimum Gasteiger partial charge on any atom is -0.493 e. The van der Waals surface area contributed by atoms with E-state index in [2.05, 4.69) is 20.4 Å². The first-order valence-electron chi connectivity index (χ1n) is 11.8. The van der Waals surface area contributed by atoms with Gasteiger partial charge in [0.2, 0.25) is 0 Å². The number of halogens is 3. The van der Waals surface area contributed by atoms with E-state index in [1.807, 2.05) is 6.07 Å². The number of hydrogen-bond acceptors (Lipinski definition) is 7. The molecule has 4 heterocycles. The number of amides is 2. The highest BCUT2D eigenvalue weighted by Crippen LogP contribution is 2.36. The van der Waals surface area contributed by atoms with Crippen LogP contribution in [0.2, 0.25) is 0 Å². The zero-order valence-electron chi connectivity index (χ0n) is 20.3. The number of hydrogen-bond donors (Lipinski definition) is 2. The Balaban J connectivity index is 1.38. The average molecular weight is 528 g/mol. The highest BCUT2D eigenvalue weighted by molar-refractivity contribution is 5.76. The molecule has 0 atom stereocenters. The van der Waals surface area contributed by atoms with Crippen molar-refractivity contribution in [2.24, 2.45) is 0 Å². The van der Waals surface area contributed by atoms with Crippen LogP contribution in [0.15, 0.2) is 48.8 Å². The van der Waals surface area contributed by atoms with E-state index in [1.165, 1.54) is 24.0 Å². The number of rotatable bonds is 8. The van der Waals surface area contributed by atoms with Crippen molar-refractivity contribution in [2.75, 3.05) is 39.1 Å². The molecule has 1 aliphatic rings. The number of nitrogens with one attached hydrogen (secondary N) is 1. The standard InChI is InChI=1S/C25H24F3N7O3/c1-37-21-12-15(3-5-20(21)38-10-2-8-34-9-7-30-24(34)36)18-4-6-22-31-14-19(35(22)33-18)16-11-17(25(26,27)28)23(29)32-13-16/h3-6,11-14H,2,7-10H2,1H3,(H2,29,32)(H,30,36). The van der Waals surface area contributed by atoms with Crippen molar-refractivity contribution in [3.63, 3.8) is 0 Å². The first-order valence-corrected chi connectivity index (χ1v) is 11.8. The van der Waals surface area contributed by atoms with Crippen LogP contribution in [-0.4, -0.2) is 63.9 Å². The van der Waals surface area contributed by atoms with Crippen LogP contribution in [0.1, 0.15) is 12.0 Å². The number of methoxy groups -OCH3 is 1. The second-order valence-corrected chi connectivity index (χ2v) is 8.57. The normalized spacial score (nSPS) is 13.7. The molecule has 0 saturated carbocycles. The molecule has 0 unspecified atom stereocenters. The number of nitrogens with zero attached hydrogens (tertiary/aromatic N) is 5. The van der Waals surface area contributed by atoms with Crippen LogP contribution >= 0.6 is 0 Å². The summed E-state index contributed by atoms with van der Waals surface area (Å²) in [6.07, 6.45) is -1.29. The number of nitrogen functional groups attached to an aromatic ring is 1. The third-order valence-corrected chi connectivity index (χ3v) is 6.12. The third kappa shape index (κ3) is 4.99. The van der Waals surface area contributed by atoms with Gasteiger partial charge in [0, 0.05) is 37.0 Å². The zero-order valence-corrected chi connectivity index (χ0v) is 20.3. The van der Waals surface area contributed by atoms with E-state index in [0.717, 1.165) is 6.07 Å².